The summed E-state index contributed by atoms with van der Waals surface area (Å²) in [7, 11) is 0. The van der Waals surface area contributed by atoms with Crippen molar-refractivity contribution in [3.05, 3.63) is 75.8 Å². The summed E-state index contributed by atoms with van der Waals surface area (Å²) in [6.45, 7) is 5.11. The highest BCUT2D eigenvalue weighted by atomic mass is 32.1. The molecule has 3 rings (SSSR count). The normalized spacial score (nSPS) is 10.7. The molecule has 0 atom stereocenters. The van der Waals surface area contributed by atoms with E-state index in [-0.39, 0.29) is 18.1 Å². The van der Waals surface area contributed by atoms with Gasteiger partial charge in [-0.05, 0) is 37.6 Å². The first-order chi connectivity index (χ1) is 13.8. The molecule has 0 N–H and O–H groups in total. The Bertz CT molecular complexity index is 1080. The van der Waals surface area contributed by atoms with Gasteiger partial charge in [0.1, 0.15) is 18.2 Å². The number of hydrogen-bond donors (Lipinski definition) is 0. The second-order valence-corrected chi connectivity index (χ2v) is 7.30. The van der Waals surface area contributed by atoms with Crippen LogP contribution in [0.3, 0.4) is 0 Å². The third kappa shape index (κ3) is 4.65. The van der Waals surface area contributed by atoms with E-state index in [1.165, 1.54) is 23.2 Å². The Morgan fingerprint density at radius 2 is 1.90 bits per heavy atom. The monoisotopic (exact) mass is 416 g/mol. The molecule has 150 valence electrons. The maximum atomic E-state index is 13.7. The van der Waals surface area contributed by atoms with Gasteiger partial charge in [-0.25, -0.2) is 18.6 Å². The summed E-state index contributed by atoms with van der Waals surface area (Å²) in [6.07, 6.45) is 0. The number of esters is 1. The molecule has 0 aliphatic carbocycles. The predicted molar refractivity (Wildman–Crippen MR) is 106 cm³/mol. The fraction of sp³-hybridized carbons (Fsp3) is 0.190. The van der Waals surface area contributed by atoms with Crippen LogP contribution in [0.2, 0.25) is 0 Å². The number of anilines is 2. The lowest BCUT2D eigenvalue weighted by Crippen LogP contribution is -2.23. The fourth-order valence-corrected chi connectivity index (χ4v) is 3.67. The van der Waals surface area contributed by atoms with Gasteiger partial charge in [-0.3, -0.25) is 9.69 Å². The molecule has 3 aromatic rings. The predicted octanol–water partition coefficient (Wildman–Crippen LogP) is 5.08. The van der Waals surface area contributed by atoms with Crippen molar-refractivity contribution < 1.29 is 23.1 Å². The highest BCUT2D eigenvalue weighted by molar-refractivity contribution is 7.14. The third-order valence-electron chi connectivity index (χ3n) is 4.14. The van der Waals surface area contributed by atoms with Crippen molar-refractivity contribution in [1.29, 1.82) is 0 Å². The molecule has 1 amide bonds. The molecule has 5 nitrogen and oxygen atoms in total. The van der Waals surface area contributed by atoms with Gasteiger partial charge in [0.2, 0.25) is 5.91 Å². The summed E-state index contributed by atoms with van der Waals surface area (Å²) in [6, 6.07) is 8.35. The number of rotatable bonds is 5. The van der Waals surface area contributed by atoms with Gasteiger partial charge in [0.25, 0.3) is 0 Å². The molecule has 29 heavy (non-hydrogen) atoms. The molecule has 0 aliphatic heterocycles. The van der Waals surface area contributed by atoms with Gasteiger partial charge in [-0.1, -0.05) is 17.7 Å². The molecule has 0 fully saturated rings. The number of carbonyl (C=O) groups excluding carboxylic acids is 2. The number of amides is 1. The van der Waals surface area contributed by atoms with Gasteiger partial charge in [-0.2, -0.15) is 0 Å². The van der Waals surface area contributed by atoms with Crippen molar-refractivity contribution in [3.8, 4) is 0 Å². The Morgan fingerprint density at radius 1 is 1.14 bits per heavy atom. The number of aromatic nitrogens is 1. The minimum absolute atomic E-state index is 0.204. The van der Waals surface area contributed by atoms with Crippen molar-refractivity contribution in [2.45, 2.75) is 27.4 Å². The van der Waals surface area contributed by atoms with Gasteiger partial charge in [0, 0.05) is 18.4 Å². The first kappa shape index (κ1) is 20.6. The maximum Gasteiger partial charge on any atom is 0.341 e. The van der Waals surface area contributed by atoms with Gasteiger partial charge < -0.3 is 4.74 Å². The Hall–Kier alpha value is -3.13. The Balaban J connectivity index is 1.76. The second kappa shape index (κ2) is 8.48. The Kier molecular flexibility index (Phi) is 6.03. The minimum Gasteiger partial charge on any atom is -0.455 e. The van der Waals surface area contributed by atoms with Crippen molar-refractivity contribution in [1.82, 2.24) is 4.98 Å². The average molecular weight is 416 g/mol. The molecule has 0 bridgehead atoms. The lowest BCUT2D eigenvalue weighted by Gasteiger charge is -2.20. The molecular weight excluding hydrogens is 398 g/mol. The number of benzene rings is 2. The molecule has 1 aromatic heterocycles. The summed E-state index contributed by atoms with van der Waals surface area (Å²) in [5.74, 6) is -2.90. The van der Waals surface area contributed by atoms with Gasteiger partial charge in [-0.15, -0.1) is 11.3 Å². The van der Waals surface area contributed by atoms with E-state index >= 15 is 0 Å². The zero-order valence-corrected chi connectivity index (χ0v) is 16.8. The summed E-state index contributed by atoms with van der Waals surface area (Å²) in [5, 5.41) is 2.09. The zero-order valence-electron chi connectivity index (χ0n) is 16.0. The summed E-state index contributed by atoms with van der Waals surface area (Å²) >= 11 is 1.23. The number of nitrogens with zero attached hydrogens (tertiary/aromatic N) is 2. The topological polar surface area (TPSA) is 59.5 Å². The maximum absolute atomic E-state index is 13.7. The van der Waals surface area contributed by atoms with Crippen LogP contribution in [0.15, 0.2) is 41.8 Å². The molecule has 1 heterocycles. The molecular formula is C21H18F2N2O3S. The van der Waals surface area contributed by atoms with Crippen LogP contribution < -0.4 is 4.90 Å². The van der Waals surface area contributed by atoms with Crippen molar-refractivity contribution in [2.24, 2.45) is 0 Å². The van der Waals surface area contributed by atoms with Crippen LogP contribution in [0.1, 0.15) is 34.1 Å². The van der Waals surface area contributed by atoms with E-state index in [0.717, 1.165) is 28.9 Å². The molecule has 0 saturated heterocycles. The average Bonchev–Trinajstić information content (AvgIpc) is 3.10. The van der Waals surface area contributed by atoms with Crippen LogP contribution in [0.5, 0.6) is 0 Å². The Labute approximate surface area is 170 Å². The molecule has 0 unspecified atom stereocenters. The zero-order chi connectivity index (χ0) is 21.1. The number of thiazole rings is 1. The third-order valence-corrected chi connectivity index (χ3v) is 5.02. The van der Waals surface area contributed by atoms with E-state index in [4.69, 9.17) is 4.74 Å². The van der Waals surface area contributed by atoms with Crippen molar-refractivity contribution >= 4 is 34.0 Å². The quantitative estimate of drug-likeness (QED) is 0.544. The lowest BCUT2D eigenvalue weighted by atomic mass is 10.1. The summed E-state index contributed by atoms with van der Waals surface area (Å²) in [5.41, 5.74) is 2.78. The van der Waals surface area contributed by atoms with E-state index in [1.54, 1.807) is 5.38 Å². The standard InChI is InChI=1S/C21H18F2N2O3S/c1-12-4-7-19(13(2)8-12)25(14(3)26)21-24-16(11-29-21)10-28-20(27)17-6-5-15(22)9-18(17)23/h4-9,11H,10H2,1-3H3. The van der Waals surface area contributed by atoms with Crippen molar-refractivity contribution in [2.75, 3.05) is 4.90 Å². The SMILES string of the molecule is CC(=O)N(c1nc(COC(=O)c2ccc(F)cc2F)cs1)c1ccc(C)cc1C. The first-order valence-corrected chi connectivity index (χ1v) is 9.58. The van der Waals surface area contributed by atoms with Crippen LogP contribution in [0.25, 0.3) is 0 Å². The van der Waals surface area contributed by atoms with Gasteiger partial charge in [0.05, 0.1) is 16.9 Å². The number of hydrogen-bond acceptors (Lipinski definition) is 5. The van der Waals surface area contributed by atoms with Crippen molar-refractivity contribution in [3.63, 3.8) is 0 Å². The molecule has 0 saturated carbocycles. The van der Waals surface area contributed by atoms with Crippen LogP contribution in [0.4, 0.5) is 19.6 Å². The van der Waals surface area contributed by atoms with E-state index in [9.17, 15) is 18.4 Å². The van der Waals surface area contributed by atoms with Crippen LogP contribution in [0, 0.1) is 25.5 Å². The minimum atomic E-state index is -0.994. The highest BCUT2D eigenvalue weighted by Gasteiger charge is 2.20. The number of ether oxygens (including phenoxy) is 1. The smallest absolute Gasteiger partial charge is 0.341 e. The van der Waals surface area contributed by atoms with Crippen LogP contribution >= 0.6 is 11.3 Å². The second-order valence-electron chi connectivity index (χ2n) is 6.47. The van der Waals surface area contributed by atoms with E-state index in [0.29, 0.717) is 16.9 Å². The van der Waals surface area contributed by atoms with Crippen LogP contribution in [-0.4, -0.2) is 16.9 Å². The lowest BCUT2D eigenvalue weighted by molar-refractivity contribution is -0.115. The van der Waals surface area contributed by atoms with E-state index in [1.807, 2.05) is 32.0 Å². The number of aryl methyl sites for hydroxylation is 2. The Morgan fingerprint density at radius 3 is 2.55 bits per heavy atom. The number of halogens is 2. The molecule has 0 spiro atoms. The fourth-order valence-electron chi connectivity index (χ4n) is 2.80. The molecule has 8 heteroatoms. The summed E-state index contributed by atoms with van der Waals surface area (Å²) < 4.78 is 31.7. The summed E-state index contributed by atoms with van der Waals surface area (Å²) in [4.78, 5) is 30.1. The highest BCUT2D eigenvalue weighted by Crippen LogP contribution is 2.32. The molecule has 0 aliphatic rings. The van der Waals surface area contributed by atoms with Gasteiger partial charge in [0.15, 0.2) is 5.13 Å². The van der Waals surface area contributed by atoms with Gasteiger partial charge >= 0.3 is 5.97 Å². The van der Waals surface area contributed by atoms with E-state index < -0.39 is 17.6 Å². The van der Waals surface area contributed by atoms with E-state index in [2.05, 4.69) is 4.98 Å². The van der Waals surface area contributed by atoms with Crippen LogP contribution in [-0.2, 0) is 16.1 Å². The molecule has 0 radical (unpaired) electrons. The first-order valence-electron chi connectivity index (χ1n) is 8.71. The molecule has 2 aromatic carbocycles. The number of carbonyl (C=O) groups is 2. The largest absolute Gasteiger partial charge is 0.455 e.